The Balaban J connectivity index is 1.83. The van der Waals surface area contributed by atoms with E-state index in [4.69, 9.17) is 4.98 Å². The molecule has 0 atom stereocenters. The lowest BCUT2D eigenvalue weighted by Gasteiger charge is -2.24. The first-order valence-corrected chi connectivity index (χ1v) is 9.12. The molecule has 3 aromatic rings. The summed E-state index contributed by atoms with van der Waals surface area (Å²) in [6.07, 6.45) is 8.12. The first-order valence-electron chi connectivity index (χ1n) is 9.12. The van der Waals surface area contributed by atoms with Gasteiger partial charge in [-0.25, -0.2) is 4.98 Å². The van der Waals surface area contributed by atoms with E-state index in [2.05, 4.69) is 22.8 Å². The Labute approximate surface area is 152 Å². The maximum atomic E-state index is 11.2. The van der Waals surface area contributed by atoms with Gasteiger partial charge in [-0.2, -0.15) is 0 Å². The Morgan fingerprint density at radius 1 is 1.19 bits per heavy atom. The van der Waals surface area contributed by atoms with Gasteiger partial charge >= 0.3 is 0 Å². The van der Waals surface area contributed by atoms with E-state index in [0.717, 1.165) is 41.1 Å². The van der Waals surface area contributed by atoms with Crippen LogP contribution in [-0.4, -0.2) is 20.3 Å². The van der Waals surface area contributed by atoms with Crippen molar-refractivity contribution in [1.29, 1.82) is 0 Å². The molecule has 2 heterocycles. The van der Waals surface area contributed by atoms with Crippen molar-refractivity contribution >= 4 is 17.2 Å². The van der Waals surface area contributed by atoms with Gasteiger partial charge < -0.3 is 5.32 Å². The summed E-state index contributed by atoms with van der Waals surface area (Å²) in [6, 6.07) is 11.1. The number of anilines is 1. The highest BCUT2D eigenvalue weighted by Crippen LogP contribution is 2.33. The summed E-state index contributed by atoms with van der Waals surface area (Å²) in [4.78, 5) is 15.6. The number of nitro groups is 1. The van der Waals surface area contributed by atoms with Gasteiger partial charge in [-0.3, -0.25) is 14.5 Å². The van der Waals surface area contributed by atoms with Crippen LogP contribution in [0.2, 0.25) is 0 Å². The van der Waals surface area contributed by atoms with Gasteiger partial charge in [-0.05, 0) is 31.4 Å². The van der Waals surface area contributed by atoms with E-state index in [0.29, 0.717) is 6.04 Å². The van der Waals surface area contributed by atoms with Gasteiger partial charge in [0.05, 0.1) is 4.92 Å². The van der Waals surface area contributed by atoms with Crippen molar-refractivity contribution in [3.8, 4) is 11.3 Å². The lowest BCUT2D eigenvalue weighted by molar-refractivity contribution is -0.384. The number of pyridine rings is 1. The molecule has 1 saturated carbocycles. The standard InChI is InChI=1S/C20H22N4O2/c1-14-10-11-18-22-19(15-6-5-9-17(12-15)24(25)26)20(23(18)13-14)21-16-7-3-2-4-8-16/h5-6,9-13,16,21H,2-4,7-8H2,1H3. The number of imidazole rings is 1. The van der Waals surface area contributed by atoms with Gasteiger partial charge in [-0.15, -0.1) is 0 Å². The van der Waals surface area contributed by atoms with Gasteiger partial charge in [0, 0.05) is 29.9 Å². The fraction of sp³-hybridized carbons (Fsp3) is 0.350. The molecule has 1 aromatic carbocycles. The van der Waals surface area contributed by atoms with Gasteiger partial charge in [0.15, 0.2) is 0 Å². The normalized spacial score (nSPS) is 15.3. The molecule has 0 amide bonds. The van der Waals surface area contributed by atoms with E-state index in [1.54, 1.807) is 12.1 Å². The van der Waals surface area contributed by atoms with E-state index >= 15 is 0 Å². The van der Waals surface area contributed by atoms with Crippen LogP contribution < -0.4 is 5.32 Å². The van der Waals surface area contributed by atoms with Crippen molar-refractivity contribution in [2.24, 2.45) is 0 Å². The Hall–Kier alpha value is -2.89. The monoisotopic (exact) mass is 350 g/mol. The number of aryl methyl sites for hydroxylation is 1. The molecule has 134 valence electrons. The van der Waals surface area contributed by atoms with Crippen LogP contribution in [0.5, 0.6) is 0 Å². The Morgan fingerprint density at radius 3 is 2.77 bits per heavy atom. The average molecular weight is 350 g/mol. The number of rotatable bonds is 4. The summed E-state index contributed by atoms with van der Waals surface area (Å²) >= 11 is 0. The number of nitrogens with one attached hydrogen (secondary N) is 1. The maximum Gasteiger partial charge on any atom is 0.270 e. The molecule has 0 unspecified atom stereocenters. The quantitative estimate of drug-likeness (QED) is 0.533. The molecule has 4 rings (SSSR count). The van der Waals surface area contributed by atoms with Crippen LogP contribution in [0.15, 0.2) is 42.6 Å². The number of nitrogens with zero attached hydrogens (tertiary/aromatic N) is 3. The summed E-state index contributed by atoms with van der Waals surface area (Å²) in [5.74, 6) is 0.927. The van der Waals surface area contributed by atoms with Crippen LogP contribution in [0.3, 0.4) is 0 Å². The lowest BCUT2D eigenvalue weighted by atomic mass is 9.95. The Bertz CT molecular complexity index is 958. The molecule has 0 saturated heterocycles. The number of aromatic nitrogens is 2. The molecule has 1 aliphatic carbocycles. The average Bonchev–Trinajstić information content (AvgIpc) is 3.00. The highest BCUT2D eigenvalue weighted by atomic mass is 16.6. The lowest BCUT2D eigenvalue weighted by Crippen LogP contribution is -2.23. The van der Waals surface area contributed by atoms with Crippen molar-refractivity contribution in [3.05, 3.63) is 58.3 Å². The summed E-state index contributed by atoms with van der Waals surface area (Å²) in [7, 11) is 0. The first-order chi connectivity index (χ1) is 12.6. The SMILES string of the molecule is Cc1ccc2nc(-c3cccc([N+](=O)[O-])c3)c(NC3CCCCC3)n2c1. The van der Waals surface area contributed by atoms with Gasteiger partial charge in [0.2, 0.25) is 0 Å². The number of benzene rings is 1. The van der Waals surface area contributed by atoms with Crippen molar-refractivity contribution in [2.75, 3.05) is 5.32 Å². The first kappa shape index (κ1) is 16.6. The molecule has 6 nitrogen and oxygen atoms in total. The highest BCUT2D eigenvalue weighted by molar-refractivity contribution is 5.78. The minimum absolute atomic E-state index is 0.0827. The third-order valence-electron chi connectivity index (χ3n) is 5.04. The van der Waals surface area contributed by atoms with E-state index in [-0.39, 0.29) is 10.6 Å². The Kier molecular flexibility index (Phi) is 4.32. The molecule has 0 radical (unpaired) electrons. The van der Waals surface area contributed by atoms with E-state index < -0.39 is 0 Å². The predicted octanol–water partition coefficient (Wildman–Crippen LogP) is 4.96. The van der Waals surface area contributed by atoms with Crippen LogP contribution >= 0.6 is 0 Å². The third kappa shape index (κ3) is 3.14. The number of non-ortho nitro benzene ring substituents is 1. The summed E-state index contributed by atoms with van der Waals surface area (Å²) in [6.45, 7) is 2.05. The molecule has 0 spiro atoms. The van der Waals surface area contributed by atoms with Crippen molar-refractivity contribution in [2.45, 2.75) is 45.1 Å². The largest absolute Gasteiger partial charge is 0.367 e. The molecule has 2 aromatic heterocycles. The van der Waals surface area contributed by atoms with Crippen LogP contribution in [-0.2, 0) is 0 Å². The van der Waals surface area contributed by atoms with Crippen molar-refractivity contribution in [3.63, 3.8) is 0 Å². The zero-order valence-corrected chi connectivity index (χ0v) is 14.8. The van der Waals surface area contributed by atoms with E-state index in [9.17, 15) is 10.1 Å². The van der Waals surface area contributed by atoms with Gasteiger partial charge in [-0.1, -0.05) is 37.5 Å². The van der Waals surface area contributed by atoms with Gasteiger partial charge in [0.1, 0.15) is 17.2 Å². The number of hydrogen-bond acceptors (Lipinski definition) is 4. The van der Waals surface area contributed by atoms with Crippen LogP contribution in [0, 0.1) is 17.0 Å². The topological polar surface area (TPSA) is 72.5 Å². The highest BCUT2D eigenvalue weighted by Gasteiger charge is 2.20. The van der Waals surface area contributed by atoms with Crippen molar-refractivity contribution < 1.29 is 4.92 Å². The smallest absolute Gasteiger partial charge is 0.270 e. The fourth-order valence-electron chi connectivity index (χ4n) is 3.70. The van der Waals surface area contributed by atoms with Crippen LogP contribution in [0.1, 0.15) is 37.7 Å². The predicted molar refractivity (Wildman–Crippen MR) is 103 cm³/mol. The molecular weight excluding hydrogens is 328 g/mol. The van der Waals surface area contributed by atoms with Gasteiger partial charge in [0.25, 0.3) is 5.69 Å². The number of nitro benzene ring substituents is 1. The zero-order valence-electron chi connectivity index (χ0n) is 14.8. The van der Waals surface area contributed by atoms with Crippen LogP contribution in [0.4, 0.5) is 11.5 Å². The second kappa shape index (κ2) is 6.78. The minimum Gasteiger partial charge on any atom is -0.367 e. The summed E-state index contributed by atoms with van der Waals surface area (Å²) < 4.78 is 2.07. The van der Waals surface area contributed by atoms with E-state index in [1.165, 1.54) is 25.3 Å². The molecule has 1 fully saturated rings. The van der Waals surface area contributed by atoms with E-state index in [1.807, 2.05) is 18.2 Å². The zero-order chi connectivity index (χ0) is 18.1. The molecule has 0 bridgehead atoms. The maximum absolute atomic E-state index is 11.2. The molecule has 1 N–H and O–H groups in total. The second-order valence-electron chi connectivity index (χ2n) is 7.03. The number of hydrogen-bond donors (Lipinski definition) is 1. The molecule has 0 aliphatic heterocycles. The molecule has 6 heteroatoms. The minimum atomic E-state index is -0.363. The van der Waals surface area contributed by atoms with Crippen LogP contribution in [0.25, 0.3) is 16.9 Å². The summed E-state index contributed by atoms with van der Waals surface area (Å²) in [5.41, 5.74) is 3.60. The molecule has 1 aliphatic rings. The molecule has 26 heavy (non-hydrogen) atoms. The second-order valence-corrected chi connectivity index (χ2v) is 7.03. The Morgan fingerprint density at radius 2 is 2.00 bits per heavy atom. The van der Waals surface area contributed by atoms with Crippen molar-refractivity contribution in [1.82, 2.24) is 9.38 Å². The molecular formula is C20H22N4O2. The summed E-state index contributed by atoms with van der Waals surface area (Å²) in [5, 5.41) is 14.8. The third-order valence-corrected chi connectivity index (χ3v) is 5.04. The fourth-order valence-corrected chi connectivity index (χ4v) is 3.70. The number of fused-ring (bicyclic) bond motifs is 1.